The van der Waals surface area contributed by atoms with E-state index in [2.05, 4.69) is 25.5 Å². The Hall–Kier alpha value is -1.67. The van der Waals surface area contributed by atoms with Gasteiger partial charge in [0.15, 0.2) is 5.96 Å². The van der Waals surface area contributed by atoms with Gasteiger partial charge < -0.3 is 14.7 Å². The molecule has 10 nitrogen and oxygen atoms in total. The Labute approximate surface area is 188 Å². The van der Waals surface area contributed by atoms with Gasteiger partial charge in [0.1, 0.15) is 12.0 Å². The van der Waals surface area contributed by atoms with Crippen molar-refractivity contribution in [3.8, 4) is 0 Å². The smallest absolute Gasteiger partial charge is 0.220 e. The average molecular weight is 537 g/mol. The van der Waals surface area contributed by atoms with E-state index < -0.39 is 10.0 Å². The maximum Gasteiger partial charge on any atom is 0.220 e. The number of nitrogens with one attached hydrogen (secondary N) is 1. The van der Waals surface area contributed by atoms with E-state index in [1.807, 2.05) is 23.9 Å². The molecule has 0 amide bonds. The Morgan fingerprint density at radius 1 is 1.31 bits per heavy atom. The first-order valence-electron chi connectivity index (χ1n) is 9.46. The van der Waals surface area contributed by atoms with Crippen molar-refractivity contribution in [2.75, 3.05) is 39.3 Å². The summed E-state index contributed by atoms with van der Waals surface area (Å²) in [5.74, 6) is 0.696. The number of nitrogens with zero attached hydrogens (tertiary/aromatic N) is 6. The Morgan fingerprint density at radius 3 is 2.72 bits per heavy atom. The quantitative estimate of drug-likeness (QED) is 0.232. The molecule has 3 heterocycles. The Kier molecular flexibility index (Phi) is 9.36. The third-order valence-corrected chi connectivity index (χ3v) is 6.27. The van der Waals surface area contributed by atoms with Crippen LogP contribution in [0.5, 0.6) is 0 Å². The minimum atomic E-state index is -3.40. The number of aliphatic imine (C=N–C) groups is 1. The van der Waals surface area contributed by atoms with Gasteiger partial charge in [-0.15, -0.1) is 24.0 Å². The van der Waals surface area contributed by atoms with Gasteiger partial charge in [-0.3, -0.25) is 9.67 Å². The van der Waals surface area contributed by atoms with Crippen LogP contribution in [0.25, 0.3) is 0 Å². The van der Waals surface area contributed by atoms with Crippen LogP contribution in [0.4, 0.5) is 0 Å². The molecule has 0 saturated carbocycles. The van der Waals surface area contributed by atoms with Crippen LogP contribution in [-0.4, -0.2) is 77.8 Å². The fraction of sp³-hybridized carbons (Fsp3) is 0.588. The molecule has 2 aromatic heterocycles. The average Bonchev–Trinajstić information content (AvgIpc) is 3.38. The standard InChI is InChI=1S/C17H27N7O3S.HI/c1-2-18-17(19-6-3-8-23-9-4-7-20-23)22-10-12-24(13-11-22)28(25,26)15-16-5-14-27-21-16;/h4-5,7,9,14H,2-3,6,8,10-13,15H2,1H3,(H,18,19);1H. The van der Waals surface area contributed by atoms with Crippen molar-refractivity contribution in [3.63, 3.8) is 0 Å². The lowest BCUT2D eigenvalue weighted by Gasteiger charge is -2.35. The van der Waals surface area contributed by atoms with Gasteiger partial charge in [-0.05, 0) is 19.4 Å². The van der Waals surface area contributed by atoms with Crippen molar-refractivity contribution in [2.45, 2.75) is 25.6 Å². The van der Waals surface area contributed by atoms with E-state index in [1.54, 1.807) is 12.3 Å². The maximum absolute atomic E-state index is 12.6. The van der Waals surface area contributed by atoms with Gasteiger partial charge in [0.25, 0.3) is 0 Å². The zero-order valence-electron chi connectivity index (χ0n) is 16.5. The molecule has 1 fully saturated rings. The van der Waals surface area contributed by atoms with Gasteiger partial charge in [0.2, 0.25) is 10.0 Å². The van der Waals surface area contributed by atoms with E-state index in [4.69, 9.17) is 4.52 Å². The lowest BCUT2D eigenvalue weighted by Crippen LogP contribution is -2.53. The van der Waals surface area contributed by atoms with Crippen LogP contribution in [0, 0.1) is 0 Å². The van der Waals surface area contributed by atoms with Crippen LogP contribution >= 0.6 is 24.0 Å². The molecule has 0 atom stereocenters. The molecule has 1 aliphatic heterocycles. The van der Waals surface area contributed by atoms with Gasteiger partial charge in [-0.2, -0.15) is 9.40 Å². The first-order chi connectivity index (χ1) is 13.6. The molecule has 0 bridgehead atoms. The van der Waals surface area contributed by atoms with Gasteiger partial charge in [-0.1, -0.05) is 5.16 Å². The molecule has 0 aliphatic carbocycles. The highest BCUT2D eigenvalue weighted by atomic mass is 127. The van der Waals surface area contributed by atoms with Crippen LogP contribution in [0.2, 0.25) is 0 Å². The highest BCUT2D eigenvalue weighted by molar-refractivity contribution is 14.0. The number of hydrogen-bond acceptors (Lipinski definition) is 6. The van der Waals surface area contributed by atoms with Crippen LogP contribution < -0.4 is 5.32 Å². The number of hydrogen-bond donors (Lipinski definition) is 1. The summed E-state index contributed by atoms with van der Waals surface area (Å²) >= 11 is 0. The molecule has 1 saturated heterocycles. The van der Waals surface area contributed by atoms with Crippen LogP contribution in [0.3, 0.4) is 0 Å². The number of rotatable bonds is 8. The van der Waals surface area contributed by atoms with Crippen molar-refractivity contribution in [3.05, 3.63) is 36.5 Å². The zero-order valence-corrected chi connectivity index (χ0v) is 19.6. The van der Waals surface area contributed by atoms with Gasteiger partial charge in [0, 0.05) is 64.3 Å². The van der Waals surface area contributed by atoms with E-state index in [1.165, 1.54) is 10.6 Å². The molecule has 0 unspecified atom stereocenters. The summed E-state index contributed by atoms with van der Waals surface area (Å²) in [6, 6.07) is 3.48. The van der Waals surface area contributed by atoms with Crippen molar-refractivity contribution < 1.29 is 12.9 Å². The summed E-state index contributed by atoms with van der Waals surface area (Å²) in [7, 11) is -3.40. The summed E-state index contributed by atoms with van der Waals surface area (Å²) in [5.41, 5.74) is 0.425. The molecule has 2 aromatic rings. The number of halogens is 1. The van der Waals surface area contributed by atoms with Gasteiger partial charge >= 0.3 is 0 Å². The molecular weight excluding hydrogens is 509 g/mol. The third kappa shape index (κ3) is 6.96. The summed E-state index contributed by atoms with van der Waals surface area (Å²) in [5, 5.41) is 11.2. The van der Waals surface area contributed by atoms with E-state index >= 15 is 0 Å². The summed E-state index contributed by atoms with van der Waals surface area (Å²) in [4.78, 5) is 6.80. The van der Waals surface area contributed by atoms with Crippen molar-refractivity contribution >= 4 is 40.0 Å². The monoisotopic (exact) mass is 537 g/mol. The molecule has 1 aliphatic rings. The molecule has 162 valence electrons. The van der Waals surface area contributed by atoms with Gasteiger partial charge in [-0.25, -0.2) is 8.42 Å². The van der Waals surface area contributed by atoms with Crippen molar-refractivity contribution in [2.24, 2.45) is 4.99 Å². The second-order valence-corrected chi connectivity index (χ2v) is 8.46. The fourth-order valence-corrected chi connectivity index (χ4v) is 4.47. The first kappa shape index (κ1) is 23.6. The highest BCUT2D eigenvalue weighted by Crippen LogP contribution is 2.13. The van der Waals surface area contributed by atoms with Gasteiger partial charge in [0.05, 0.1) is 5.69 Å². The van der Waals surface area contributed by atoms with E-state index in [-0.39, 0.29) is 29.7 Å². The first-order valence-corrected chi connectivity index (χ1v) is 11.1. The predicted octanol–water partition coefficient (Wildman–Crippen LogP) is 0.992. The Morgan fingerprint density at radius 2 is 2.10 bits per heavy atom. The molecule has 0 radical (unpaired) electrons. The van der Waals surface area contributed by atoms with E-state index in [0.717, 1.165) is 25.5 Å². The topological polar surface area (TPSA) is 109 Å². The number of aryl methyl sites for hydroxylation is 1. The van der Waals surface area contributed by atoms with Crippen LogP contribution in [0.15, 0.2) is 40.3 Å². The van der Waals surface area contributed by atoms with Crippen molar-refractivity contribution in [1.29, 1.82) is 0 Å². The predicted molar refractivity (Wildman–Crippen MR) is 121 cm³/mol. The second kappa shape index (κ2) is 11.5. The number of piperazine rings is 1. The van der Waals surface area contributed by atoms with E-state index in [0.29, 0.717) is 38.4 Å². The maximum atomic E-state index is 12.6. The Bertz CT molecular complexity index is 833. The SMILES string of the molecule is CCNC(=NCCCn1cccn1)N1CCN(S(=O)(=O)Cc2ccon2)CC1.I. The minimum absolute atomic E-state index is 0. The number of guanidine groups is 1. The normalized spacial score (nSPS) is 15.9. The molecule has 3 rings (SSSR count). The molecule has 29 heavy (non-hydrogen) atoms. The number of aromatic nitrogens is 3. The lowest BCUT2D eigenvalue weighted by molar-refractivity contribution is 0.259. The second-order valence-electron chi connectivity index (χ2n) is 6.49. The Balaban J connectivity index is 0.00000300. The summed E-state index contributed by atoms with van der Waals surface area (Å²) < 4.78 is 33.2. The molecule has 12 heteroatoms. The fourth-order valence-electron chi connectivity index (χ4n) is 3.04. The summed E-state index contributed by atoms with van der Waals surface area (Å²) in [6.07, 6.45) is 5.98. The minimum Gasteiger partial charge on any atom is -0.364 e. The third-order valence-electron chi connectivity index (χ3n) is 4.45. The molecule has 0 aromatic carbocycles. The van der Waals surface area contributed by atoms with Crippen LogP contribution in [-0.2, 0) is 22.3 Å². The van der Waals surface area contributed by atoms with Crippen molar-refractivity contribution in [1.82, 2.24) is 29.5 Å². The van der Waals surface area contributed by atoms with Crippen LogP contribution in [0.1, 0.15) is 19.0 Å². The highest BCUT2D eigenvalue weighted by Gasteiger charge is 2.28. The molecule has 0 spiro atoms. The van der Waals surface area contributed by atoms with E-state index in [9.17, 15) is 8.42 Å². The number of sulfonamides is 1. The zero-order chi connectivity index (χ0) is 19.8. The summed E-state index contributed by atoms with van der Waals surface area (Å²) in [6.45, 7) is 6.36. The lowest BCUT2D eigenvalue weighted by atomic mass is 10.4. The molecule has 1 N–H and O–H groups in total. The largest absolute Gasteiger partial charge is 0.364 e. The molecular formula is C17H28IN7O3S.